The fourth-order valence-electron chi connectivity index (χ4n) is 10.8. The van der Waals surface area contributed by atoms with Crippen molar-refractivity contribution in [2.75, 3.05) is 0 Å². The number of benzene rings is 11. The molecular weight excluding hydrogens is 749 g/mol. The maximum atomic E-state index is 2.45. The van der Waals surface area contributed by atoms with Gasteiger partial charge in [-0.15, -0.1) is 0 Å². The summed E-state index contributed by atoms with van der Waals surface area (Å²) in [6, 6.07) is 81.1. The first kappa shape index (κ1) is 33.6. The number of rotatable bonds is 4. The Morgan fingerprint density at radius 2 is 0.855 bits per heavy atom. The molecule has 2 heterocycles. The average molecular weight is 785 g/mol. The Morgan fingerprint density at radius 3 is 1.76 bits per heavy atom. The van der Waals surface area contributed by atoms with Gasteiger partial charge in [-0.1, -0.05) is 158 Å². The molecule has 0 bridgehead atoms. The van der Waals surface area contributed by atoms with Gasteiger partial charge in [0.15, 0.2) is 0 Å². The molecule has 62 heavy (non-hydrogen) atoms. The molecule has 0 radical (unpaired) electrons. The van der Waals surface area contributed by atoms with E-state index in [1.54, 1.807) is 0 Å². The minimum atomic E-state index is 1.16. The summed E-state index contributed by atoms with van der Waals surface area (Å²) < 4.78 is 4.89. The van der Waals surface area contributed by atoms with Crippen LogP contribution in [0.5, 0.6) is 0 Å². The lowest BCUT2D eigenvalue weighted by Gasteiger charge is -2.12. The van der Waals surface area contributed by atoms with Crippen molar-refractivity contribution in [2.45, 2.75) is 0 Å². The van der Waals surface area contributed by atoms with Gasteiger partial charge in [0.1, 0.15) is 0 Å². The SMILES string of the molecule is c1ccc(-n2c3cc(-c4ccc5c(c4)c4ccccc4n5-c4ccc5cc(-c6ccc7c(c6)-c6cccc8cccc-7c68)ccc5c4)ccc3c3ccc4ccccc4c32)cc1. The number of hydrogen-bond acceptors (Lipinski definition) is 0. The molecule has 0 saturated heterocycles. The van der Waals surface area contributed by atoms with Gasteiger partial charge in [-0.25, -0.2) is 0 Å². The lowest BCUT2D eigenvalue weighted by molar-refractivity contribution is 1.18. The second-order valence-corrected chi connectivity index (χ2v) is 16.9. The molecule has 0 saturated carbocycles. The molecule has 0 fully saturated rings. The Kier molecular flexibility index (Phi) is 6.86. The molecule has 1 aliphatic rings. The van der Waals surface area contributed by atoms with Gasteiger partial charge in [-0.2, -0.15) is 0 Å². The minimum absolute atomic E-state index is 1.16. The van der Waals surface area contributed by atoms with E-state index in [2.05, 4.69) is 228 Å². The molecule has 2 nitrogen and oxygen atoms in total. The summed E-state index contributed by atoms with van der Waals surface area (Å²) >= 11 is 0. The van der Waals surface area contributed by atoms with Crippen LogP contribution in [-0.4, -0.2) is 9.13 Å². The van der Waals surface area contributed by atoms with Crippen molar-refractivity contribution in [3.63, 3.8) is 0 Å². The van der Waals surface area contributed by atoms with E-state index in [9.17, 15) is 0 Å². The van der Waals surface area contributed by atoms with E-state index in [1.807, 2.05) is 0 Å². The molecule has 2 aromatic heterocycles. The second-order valence-electron chi connectivity index (χ2n) is 16.9. The lowest BCUT2D eigenvalue weighted by Crippen LogP contribution is -1.94. The number of aromatic nitrogens is 2. The largest absolute Gasteiger partial charge is 0.309 e. The summed E-state index contributed by atoms with van der Waals surface area (Å²) in [5, 5.41) is 12.7. The van der Waals surface area contributed by atoms with E-state index >= 15 is 0 Å². The van der Waals surface area contributed by atoms with Crippen molar-refractivity contribution in [3.05, 3.63) is 218 Å². The quantitative estimate of drug-likeness (QED) is 0.168. The molecular formula is C60H36N2. The monoisotopic (exact) mass is 784 g/mol. The number of hydrogen-bond donors (Lipinski definition) is 0. The van der Waals surface area contributed by atoms with Crippen LogP contribution >= 0.6 is 0 Å². The zero-order valence-electron chi connectivity index (χ0n) is 33.7. The lowest BCUT2D eigenvalue weighted by atomic mass is 9.96. The summed E-state index contributed by atoms with van der Waals surface area (Å²) in [5.74, 6) is 0. The van der Waals surface area contributed by atoms with Gasteiger partial charge >= 0.3 is 0 Å². The van der Waals surface area contributed by atoms with E-state index in [-0.39, 0.29) is 0 Å². The summed E-state index contributed by atoms with van der Waals surface area (Å²) in [7, 11) is 0. The number of nitrogens with zero attached hydrogens (tertiary/aromatic N) is 2. The van der Waals surface area contributed by atoms with Crippen LogP contribution in [0.25, 0.3) is 132 Å². The Labute approximate surface area is 357 Å². The molecule has 1 aliphatic carbocycles. The van der Waals surface area contributed by atoms with Crippen molar-refractivity contribution >= 4 is 75.9 Å². The maximum absolute atomic E-state index is 2.45. The first-order valence-electron chi connectivity index (χ1n) is 21.5. The van der Waals surface area contributed by atoms with Gasteiger partial charge in [0.05, 0.1) is 22.1 Å². The third-order valence-corrected chi connectivity index (χ3v) is 13.6. The highest BCUT2D eigenvalue weighted by atomic mass is 15.0. The number of fused-ring (bicyclic) bond motifs is 12. The summed E-state index contributed by atoms with van der Waals surface area (Å²) in [6.45, 7) is 0. The van der Waals surface area contributed by atoms with Gasteiger partial charge in [-0.3, -0.25) is 0 Å². The molecule has 0 atom stereocenters. The van der Waals surface area contributed by atoms with Crippen LogP contribution in [0.2, 0.25) is 0 Å². The smallest absolute Gasteiger partial charge is 0.0619 e. The van der Waals surface area contributed by atoms with Gasteiger partial charge in [-0.05, 0) is 132 Å². The van der Waals surface area contributed by atoms with Gasteiger partial charge in [0, 0.05) is 38.3 Å². The zero-order chi connectivity index (χ0) is 40.5. The Balaban J connectivity index is 0.875. The molecule has 2 heteroatoms. The van der Waals surface area contributed by atoms with Gasteiger partial charge in [0.25, 0.3) is 0 Å². The minimum Gasteiger partial charge on any atom is -0.309 e. The fraction of sp³-hybridized carbons (Fsp3) is 0. The van der Waals surface area contributed by atoms with Crippen molar-refractivity contribution < 1.29 is 0 Å². The third-order valence-electron chi connectivity index (χ3n) is 13.6. The first-order chi connectivity index (χ1) is 30.7. The molecule has 14 rings (SSSR count). The highest BCUT2D eigenvalue weighted by Crippen LogP contribution is 2.48. The van der Waals surface area contributed by atoms with E-state index in [0.29, 0.717) is 0 Å². The van der Waals surface area contributed by atoms with Crippen LogP contribution in [-0.2, 0) is 0 Å². The summed E-state index contributed by atoms with van der Waals surface area (Å²) in [5.41, 5.74) is 17.4. The fourth-order valence-corrected chi connectivity index (χ4v) is 10.8. The van der Waals surface area contributed by atoms with Crippen molar-refractivity contribution in [1.29, 1.82) is 0 Å². The zero-order valence-corrected chi connectivity index (χ0v) is 33.7. The molecule has 0 amide bonds. The van der Waals surface area contributed by atoms with Crippen LogP contribution in [0.4, 0.5) is 0 Å². The standard InChI is InChI=1S/C60H36N2/c1-2-13-45(14-3-1)62-58-36-44(25-29-50(58)53-30-23-37-10-4-5-15-47(37)60(53)62)43-26-31-57-55(35-43)49-16-6-7-19-56(49)61(57)46-27-22-40-32-39(20-21-41(40)33-46)42-24-28-48-51-17-8-11-38-12-9-18-52(59(38)51)54(48)34-42/h1-36H. The van der Waals surface area contributed by atoms with Gasteiger partial charge < -0.3 is 9.13 Å². The van der Waals surface area contributed by atoms with Crippen LogP contribution < -0.4 is 0 Å². The van der Waals surface area contributed by atoms with Crippen molar-refractivity contribution in [2.24, 2.45) is 0 Å². The average Bonchev–Trinajstić information content (AvgIpc) is 3.97. The molecule has 0 N–H and O–H groups in total. The topological polar surface area (TPSA) is 9.86 Å². The van der Waals surface area contributed by atoms with E-state index < -0.39 is 0 Å². The highest BCUT2D eigenvalue weighted by molar-refractivity contribution is 6.20. The molecule has 11 aromatic carbocycles. The predicted molar refractivity (Wildman–Crippen MR) is 263 cm³/mol. The predicted octanol–water partition coefficient (Wildman–Crippen LogP) is 16.3. The Bertz CT molecular complexity index is 4030. The van der Waals surface area contributed by atoms with E-state index in [1.165, 1.54) is 126 Å². The van der Waals surface area contributed by atoms with Crippen molar-refractivity contribution in [3.8, 4) is 55.9 Å². The van der Waals surface area contributed by atoms with Crippen molar-refractivity contribution in [1.82, 2.24) is 9.13 Å². The van der Waals surface area contributed by atoms with Crippen LogP contribution in [0.3, 0.4) is 0 Å². The first-order valence-corrected chi connectivity index (χ1v) is 21.5. The summed E-state index contributed by atoms with van der Waals surface area (Å²) in [6.07, 6.45) is 0. The van der Waals surface area contributed by atoms with Gasteiger partial charge in [0.2, 0.25) is 0 Å². The third kappa shape index (κ3) is 4.75. The van der Waals surface area contributed by atoms with Crippen LogP contribution in [0.1, 0.15) is 0 Å². The molecule has 286 valence electrons. The molecule has 0 aliphatic heterocycles. The number of para-hydroxylation sites is 2. The normalized spacial score (nSPS) is 12.2. The highest BCUT2D eigenvalue weighted by Gasteiger charge is 2.22. The van der Waals surface area contributed by atoms with Crippen LogP contribution in [0.15, 0.2) is 218 Å². The Morgan fingerprint density at radius 1 is 0.242 bits per heavy atom. The molecule has 0 spiro atoms. The Hall–Kier alpha value is -8.20. The van der Waals surface area contributed by atoms with Crippen LogP contribution in [0, 0.1) is 0 Å². The van der Waals surface area contributed by atoms with E-state index in [0.717, 1.165) is 5.69 Å². The maximum Gasteiger partial charge on any atom is 0.0619 e. The summed E-state index contributed by atoms with van der Waals surface area (Å²) in [4.78, 5) is 0. The van der Waals surface area contributed by atoms with E-state index in [4.69, 9.17) is 0 Å². The molecule has 13 aromatic rings. The molecule has 0 unspecified atom stereocenters. The second kappa shape index (κ2) is 12.7.